The zero-order valence-corrected chi connectivity index (χ0v) is 19.3. The van der Waals surface area contributed by atoms with E-state index < -0.39 is 6.04 Å². The van der Waals surface area contributed by atoms with Crippen LogP contribution in [-0.2, 0) is 6.54 Å². The summed E-state index contributed by atoms with van der Waals surface area (Å²) in [6.07, 6.45) is 1.62. The SMILES string of the molecule is COc1cccc(-c2noc(C3=C(C)N(Cc4ccco4)C(=S)NC3c3ccc(F)cc3)n2)c1. The number of rotatable bonds is 6. The Morgan fingerprint density at radius 1 is 1.15 bits per heavy atom. The number of halogens is 1. The van der Waals surface area contributed by atoms with Gasteiger partial charge in [0.05, 0.1) is 31.5 Å². The van der Waals surface area contributed by atoms with E-state index in [9.17, 15) is 4.39 Å². The average molecular weight is 477 g/mol. The summed E-state index contributed by atoms with van der Waals surface area (Å²) in [4.78, 5) is 6.60. The van der Waals surface area contributed by atoms with Crippen LogP contribution in [-0.4, -0.2) is 27.3 Å². The molecule has 0 radical (unpaired) electrons. The lowest BCUT2D eigenvalue weighted by Gasteiger charge is -2.37. The third-order valence-corrected chi connectivity index (χ3v) is 6.02. The van der Waals surface area contributed by atoms with Crippen LogP contribution in [0.15, 0.2) is 81.6 Å². The molecular weight excluding hydrogens is 455 g/mol. The van der Waals surface area contributed by atoms with Gasteiger partial charge < -0.3 is 23.9 Å². The summed E-state index contributed by atoms with van der Waals surface area (Å²) < 4.78 is 30.2. The van der Waals surface area contributed by atoms with Gasteiger partial charge in [-0.15, -0.1) is 0 Å². The molecule has 1 aliphatic rings. The molecule has 0 bridgehead atoms. The highest BCUT2D eigenvalue weighted by molar-refractivity contribution is 7.80. The summed E-state index contributed by atoms with van der Waals surface area (Å²) in [5.74, 6) is 1.90. The Kier molecular flexibility index (Phi) is 5.85. The smallest absolute Gasteiger partial charge is 0.258 e. The summed E-state index contributed by atoms with van der Waals surface area (Å²) in [6, 6.07) is 17.0. The normalized spacial score (nSPS) is 16.0. The molecule has 0 saturated carbocycles. The van der Waals surface area contributed by atoms with E-state index in [2.05, 4.69) is 15.5 Å². The van der Waals surface area contributed by atoms with Crippen molar-refractivity contribution in [2.24, 2.45) is 0 Å². The van der Waals surface area contributed by atoms with Gasteiger partial charge in [0.15, 0.2) is 5.11 Å². The van der Waals surface area contributed by atoms with Crippen LogP contribution >= 0.6 is 12.2 Å². The first-order valence-electron chi connectivity index (χ1n) is 10.6. The van der Waals surface area contributed by atoms with E-state index >= 15 is 0 Å². The number of aromatic nitrogens is 2. The maximum atomic E-state index is 13.6. The Hall–Kier alpha value is -3.98. The van der Waals surface area contributed by atoms with Crippen LogP contribution in [0.3, 0.4) is 0 Å². The lowest BCUT2D eigenvalue weighted by Crippen LogP contribution is -2.45. The second-order valence-electron chi connectivity index (χ2n) is 7.75. The van der Waals surface area contributed by atoms with E-state index in [4.69, 9.17) is 25.9 Å². The summed E-state index contributed by atoms with van der Waals surface area (Å²) >= 11 is 5.68. The Morgan fingerprint density at radius 2 is 1.97 bits per heavy atom. The minimum atomic E-state index is -0.403. The van der Waals surface area contributed by atoms with Gasteiger partial charge in [-0.05, 0) is 61.1 Å². The molecule has 1 atom stereocenters. The maximum Gasteiger partial charge on any atom is 0.258 e. The fourth-order valence-electron chi connectivity index (χ4n) is 3.92. The molecule has 1 N–H and O–H groups in total. The van der Waals surface area contributed by atoms with Crippen LogP contribution in [0, 0.1) is 5.82 Å². The van der Waals surface area contributed by atoms with E-state index in [0.717, 1.165) is 28.2 Å². The van der Waals surface area contributed by atoms with Crippen LogP contribution in [0.25, 0.3) is 17.0 Å². The molecule has 9 heteroatoms. The molecule has 1 unspecified atom stereocenters. The number of allylic oxidation sites excluding steroid dienone is 1. The van der Waals surface area contributed by atoms with E-state index in [-0.39, 0.29) is 5.82 Å². The molecule has 34 heavy (non-hydrogen) atoms. The fourth-order valence-corrected chi connectivity index (χ4v) is 4.24. The Bertz CT molecular complexity index is 1350. The number of nitrogens with zero attached hydrogens (tertiary/aromatic N) is 3. The second-order valence-corrected chi connectivity index (χ2v) is 8.14. The lowest BCUT2D eigenvalue weighted by atomic mass is 9.94. The first-order chi connectivity index (χ1) is 16.5. The average Bonchev–Trinajstić information content (AvgIpc) is 3.54. The van der Waals surface area contributed by atoms with Gasteiger partial charge in [0.1, 0.15) is 17.3 Å². The topological polar surface area (TPSA) is 76.6 Å². The van der Waals surface area contributed by atoms with Crippen LogP contribution in [0.1, 0.15) is 30.2 Å². The molecule has 1 aliphatic heterocycles. The van der Waals surface area contributed by atoms with Crippen LogP contribution in [0.2, 0.25) is 0 Å². The van der Waals surface area contributed by atoms with Crippen molar-refractivity contribution in [2.75, 3.05) is 7.11 Å². The number of hydrogen-bond acceptors (Lipinski definition) is 6. The molecule has 7 nitrogen and oxygen atoms in total. The first kappa shape index (κ1) is 21.8. The number of methoxy groups -OCH3 is 1. The number of ether oxygens (including phenoxy) is 1. The van der Waals surface area contributed by atoms with E-state index in [1.54, 1.807) is 25.5 Å². The molecular formula is C25H21FN4O3S. The highest BCUT2D eigenvalue weighted by atomic mass is 32.1. The number of thiocarbonyl (C=S) groups is 1. The van der Waals surface area contributed by atoms with Gasteiger partial charge in [-0.2, -0.15) is 4.98 Å². The van der Waals surface area contributed by atoms with Crippen LogP contribution in [0.4, 0.5) is 4.39 Å². The number of hydrogen-bond donors (Lipinski definition) is 1. The Morgan fingerprint density at radius 3 is 2.71 bits per heavy atom. The van der Waals surface area contributed by atoms with Crippen LogP contribution < -0.4 is 10.1 Å². The molecule has 0 saturated heterocycles. The predicted molar refractivity (Wildman–Crippen MR) is 128 cm³/mol. The van der Waals surface area contributed by atoms with Gasteiger partial charge in [0.25, 0.3) is 5.89 Å². The third-order valence-electron chi connectivity index (χ3n) is 5.68. The van der Waals surface area contributed by atoms with E-state index in [1.807, 2.05) is 48.2 Å². The van der Waals surface area contributed by atoms with Crippen molar-refractivity contribution < 1.29 is 18.1 Å². The highest BCUT2D eigenvalue weighted by Crippen LogP contribution is 2.38. The summed E-state index contributed by atoms with van der Waals surface area (Å²) in [5.41, 5.74) is 3.15. The van der Waals surface area contributed by atoms with Gasteiger partial charge in [-0.25, -0.2) is 4.39 Å². The zero-order valence-electron chi connectivity index (χ0n) is 18.5. The monoisotopic (exact) mass is 476 g/mol. The minimum absolute atomic E-state index is 0.318. The molecule has 172 valence electrons. The van der Waals surface area contributed by atoms with Gasteiger partial charge in [-0.3, -0.25) is 0 Å². The fraction of sp³-hybridized carbons (Fsp3) is 0.160. The molecule has 0 fully saturated rings. The molecule has 3 heterocycles. The van der Waals surface area contributed by atoms with E-state index in [1.165, 1.54) is 12.1 Å². The maximum absolute atomic E-state index is 13.6. The van der Waals surface area contributed by atoms with Crippen molar-refractivity contribution >= 4 is 22.9 Å². The quantitative estimate of drug-likeness (QED) is 0.374. The summed E-state index contributed by atoms with van der Waals surface area (Å²) in [7, 11) is 1.60. The van der Waals surface area contributed by atoms with Crippen molar-refractivity contribution in [1.82, 2.24) is 20.4 Å². The van der Waals surface area contributed by atoms with Crippen molar-refractivity contribution in [2.45, 2.75) is 19.5 Å². The van der Waals surface area contributed by atoms with Gasteiger partial charge in [0, 0.05) is 11.3 Å². The molecule has 0 aliphatic carbocycles. The number of furan rings is 1. The Labute approximate surface area is 200 Å². The lowest BCUT2D eigenvalue weighted by molar-refractivity contribution is 0.382. The summed E-state index contributed by atoms with van der Waals surface area (Å²) in [6.45, 7) is 2.37. The molecule has 0 amide bonds. The molecule has 2 aromatic heterocycles. The third kappa shape index (κ3) is 4.17. The van der Waals surface area contributed by atoms with Crippen LogP contribution in [0.5, 0.6) is 5.75 Å². The molecule has 5 rings (SSSR count). The van der Waals surface area contributed by atoms with Gasteiger partial charge in [0.2, 0.25) is 5.82 Å². The largest absolute Gasteiger partial charge is 0.497 e. The van der Waals surface area contributed by atoms with Gasteiger partial charge in [-0.1, -0.05) is 29.4 Å². The number of nitrogens with one attached hydrogen (secondary N) is 1. The van der Waals surface area contributed by atoms with Crippen molar-refractivity contribution in [3.8, 4) is 17.1 Å². The molecule has 0 spiro atoms. The first-order valence-corrected chi connectivity index (χ1v) is 11.0. The number of benzene rings is 2. The summed E-state index contributed by atoms with van der Waals surface area (Å²) in [5, 5.41) is 8.06. The second kappa shape index (κ2) is 9.11. The van der Waals surface area contributed by atoms with E-state index in [0.29, 0.717) is 29.1 Å². The van der Waals surface area contributed by atoms with Gasteiger partial charge >= 0.3 is 0 Å². The standard InChI is InChI=1S/C25H21FN4O3S/c1-15-21(24-28-23(29-33-24)17-5-3-6-19(13-17)31-2)22(16-8-10-18(26)11-9-16)27-25(34)30(15)14-20-7-4-12-32-20/h3-13,22H,14H2,1-2H3,(H,27,34). The molecule has 4 aromatic rings. The highest BCUT2D eigenvalue weighted by Gasteiger charge is 2.34. The van der Waals surface area contributed by atoms with Crippen molar-refractivity contribution in [1.29, 1.82) is 0 Å². The minimum Gasteiger partial charge on any atom is -0.497 e. The predicted octanol–water partition coefficient (Wildman–Crippen LogP) is 5.34. The Balaban J connectivity index is 1.59. The zero-order chi connectivity index (χ0) is 23.7. The van der Waals surface area contributed by atoms with Crippen molar-refractivity contribution in [3.05, 3.63) is 95.7 Å². The molecule has 2 aromatic carbocycles. The van der Waals surface area contributed by atoms with Crippen molar-refractivity contribution in [3.63, 3.8) is 0 Å².